The third-order valence-electron chi connectivity index (χ3n) is 5.42. The zero-order valence-electron chi connectivity index (χ0n) is 17.2. The molecule has 2 heterocycles. The highest BCUT2D eigenvalue weighted by Crippen LogP contribution is 2.26. The Labute approximate surface area is 177 Å². The van der Waals surface area contributed by atoms with Gasteiger partial charge in [-0.3, -0.25) is 4.79 Å². The van der Waals surface area contributed by atoms with Gasteiger partial charge in [-0.05, 0) is 50.3 Å². The largest absolute Gasteiger partial charge is 0.342 e. The van der Waals surface area contributed by atoms with Gasteiger partial charge in [-0.2, -0.15) is 0 Å². The summed E-state index contributed by atoms with van der Waals surface area (Å²) in [6, 6.07) is 6.73. The van der Waals surface area contributed by atoms with Crippen molar-refractivity contribution in [2.75, 3.05) is 18.8 Å². The smallest absolute Gasteiger partial charge is 0.226 e. The van der Waals surface area contributed by atoms with Crippen LogP contribution in [0, 0.1) is 5.92 Å². The fourth-order valence-electron chi connectivity index (χ4n) is 3.39. The Morgan fingerprint density at radius 2 is 1.86 bits per heavy atom. The van der Waals surface area contributed by atoms with E-state index in [1.807, 2.05) is 28.9 Å². The maximum Gasteiger partial charge on any atom is 0.226 e. The molecule has 2 aromatic rings. The molecule has 29 heavy (non-hydrogen) atoms. The van der Waals surface area contributed by atoms with Gasteiger partial charge in [0, 0.05) is 38.3 Å². The summed E-state index contributed by atoms with van der Waals surface area (Å²) in [6.07, 6.45) is 6.10. The summed E-state index contributed by atoms with van der Waals surface area (Å²) in [4.78, 5) is 19.2. The van der Waals surface area contributed by atoms with E-state index in [0.29, 0.717) is 17.2 Å². The Morgan fingerprint density at radius 3 is 2.41 bits per heavy atom. The first-order valence-corrected chi connectivity index (χ1v) is 12.5. The highest BCUT2D eigenvalue weighted by atomic mass is 32.2. The zero-order valence-corrected chi connectivity index (χ0v) is 18.9. The highest BCUT2D eigenvalue weighted by Gasteiger charge is 2.24. The minimum Gasteiger partial charge on any atom is -0.342 e. The highest BCUT2D eigenvalue weighted by molar-refractivity contribution is 7.99. The van der Waals surface area contributed by atoms with Gasteiger partial charge in [-0.1, -0.05) is 23.9 Å². The lowest BCUT2D eigenvalue weighted by Gasteiger charge is -2.32. The van der Waals surface area contributed by atoms with Crippen molar-refractivity contribution in [1.29, 1.82) is 0 Å². The maximum atomic E-state index is 12.6. The Bertz CT molecular complexity index is 928. The zero-order chi connectivity index (χ0) is 21.0. The molecule has 1 saturated heterocycles. The van der Waals surface area contributed by atoms with Crippen LogP contribution < -0.4 is 0 Å². The number of aryl methyl sites for hydroxylation is 1. The molecule has 6 nitrogen and oxygen atoms in total. The number of thioether (sulfide) groups is 1. The number of amides is 1. The Balaban J connectivity index is 1.48. The fourth-order valence-corrected chi connectivity index (χ4v) is 5.57. The number of likely N-dealkylation sites (tertiary alicyclic amines) is 1. The van der Waals surface area contributed by atoms with Gasteiger partial charge in [0.2, 0.25) is 5.91 Å². The van der Waals surface area contributed by atoms with Crippen LogP contribution >= 0.6 is 11.8 Å². The molecule has 1 aliphatic rings. The molecule has 3 rings (SSSR count). The van der Waals surface area contributed by atoms with Gasteiger partial charge in [0.1, 0.15) is 0 Å². The summed E-state index contributed by atoms with van der Waals surface area (Å²) in [5.41, 5.74) is 0.852. The SMILES string of the molecule is CC(C)S(=O)(=O)c1ccc(CC(=O)N2CCC(CSc3nccn3C)CC2)cc1. The number of nitrogens with zero attached hydrogens (tertiary/aromatic N) is 3. The second kappa shape index (κ2) is 9.34. The number of hydrogen-bond acceptors (Lipinski definition) is 5. The number of rotatable bonds is 7. The average Bonchev–Trinajstić information content (AvgIpc) is 3.12. The van der Waals surface area contributed by atoms with Crippen LogP contribution in [0.1, 0.15) is 32.3 Å². The lowest BCUT2D eigenvalue weighted by Crippen LogP contribution is -2.39. The van der Waals surface area contributed by atoms with Crippen LogP contribution in [0.4, 0.5) is 0 Å². The molecule has 158 valence electrons. The van der Waals surface area contributed by atoms with Gasteiger partial charge in [0.15, 0.2) is 15.0 Å². The number of aromatic nitrogens is 2. The van der Waals surface area contributed by atoms with Crippen molar-refractivity contribution in [3.8, 4) is 0 Å². The van der Waals surface area contributed by atoms with E-state index in [-0.39, 0.29) is 5.91 Å². The van der Waals surface area contributed by atoms with Crippen LogP contribution in [-0.2, 0) is 28.1 Å². The molecule has 0 atom stereocenters. The number of piperidine rings is 1. The van der Waals surface area contributed by atoms with E-state index >= 15 is 0 Å². The van der Waals surface area contributed by atoms with E-state index in [1.165, 1.54) is 0 Å². The number of sulfone groups is 1. The van der Waals surface area contributed by atoms with Crippen LogP contribution in [0.2, 0.25) is 0 Å². The van der Waals surface area contributed by atoms with Crippen molar-refractivity contribution in [2.24, 2.45) is 13.0 Å². The molecule has 1 aromatic heterocycles. The normalized spacial score (nSPS) is 15.8. The van der Waals surface area contributed by atoms with Crippen LogP contribution in [0.3, 0.4) is 0 Å². The van der Waals surface area contributed by atoms with Gasteiger partial charge >= 0.3 is 0 Å². The van der Waals surface area contributed by atoms with Gasteiger partial charge < -0.3 is 9.47 Å². The Morgan fingerprint density at radius 1 is 1.21 bits per heavy atom. The van der Waals surface area contributed by atoms with Crippen molar-refractivity contribution in [3.63, 3.8) is 0 Å². The summed E-state index contributed by atoms with van der Waals surface area (Å²) in [7, 11) is -1.28. The topological polar surface area (TPSA) is 72.3 Å². The van der Waals surface area contributed by atoms with Gasteiger partial charge in [0.05, 0.1) is 16.6 Å². The van der Waals surface area contributed by atoms with Gasteiger partial charge in [0.25, 0.3) is 0 Å². The van der Waals surface area contributed by atoms with Crippen LogP contribution in [0.5, 0.6) is 0 Å². The minimum atomic E-state index is -3.28. The average molecular weight is 436 g/mol. The first-order valence-electron chi connectivity index (χ1n) is 9.98. The van der Waals surface area contributed by atoms with E-state index in [1.54, 1.807) is 49.9 Å². The van der Waals surface area contributed by atoms with E-state index < -0.39 is 15.1 Å². The Hall–Kier alpha value is -1.80. The summed E-state index contributed by atoms with van der Waals surface area (Å²) in [6.45, 7) is 4.91. The molecule has 1 aromatic carbocycles. The van der Waals surface area contributed by atoms with E-state index in [2.05, 4.69) is 4.98 Å². The predicted molar refractivity (Wildman–Crippen MR) is 116 cm³/mol. The first kappa shape index (κ1) is 21.9. The molecular formula is C21H29N3O3S2. The molecule has 0 radical (unpaired) electrons. The first-order chi connectivity index (χ1) is 13.8. The second-order valence-electron chi connectivity index (χ2n) is 7.87. The molecule has 0 aliphatic carbocycles. The van der Waals surface area contributed by atoms with Gasteiger partial charge in [-0.15, -0.1) is 0 Å². The van der Waals surface area contributed by atoms with Gasteiger partial charge in [-0.25, -0.2) is 13.4 Å². The fraction of sp³-hybridized carbons (Fsp3) is 0.524. The van der Waals surface area contributed by atoms with Crippen LogP contribution in [0.15, 0.2) is 46.7 Å². The molecule has 0 unspecified atom stereocenters. The number of imidazole rings is 1. The molecule has 1 fully saturated rings. The third-order valence-corrected chi connectivity index (χ3v) is 8.88. The Kier molecular flexibility index (Phi) is 7.05. The molecule has 0 saturated carbocycles. The van der Waals surface area contributed by atoms with Crippen molar-refractivity contribution < 1.29 is 13.2 Å². The van der Waals surface area contributed by atoms with Crippen LogP contribution in [0.25, 0.3) is 0 Å². The van der Waals surface area contributed by atoms with Crippen molar-refractivity contribution in [3.05, 3.63) is 42.2 Å². The van der Waals surface area contributed by atoms with Crippen molar-refractivity contribution in [2.45, 2.75) is 48.4 Å². The summed E-state index contributed by atoms with van der Waals surface area (Å²) < 4.78 is 26.4. The number of hydrogen-bond donors (Lipinski definition) is 0. The molecule has 0 spiro atoms. The predicted octanol–water partition coefficient (Wildman–Crippen LogP) is 3.18. The quantitative estimate of drug-likeness (QED) is 0.625. The molecule has 1 aliphatic heterocycles. The standard InChI is InChI=1S/C21H29N3O3S2/c1-16(2)29(26,27)19-6-4-17(5-7-19)14-20(25)24-11-8-18(9-12-24)15-28-21-22-10-13-23(21)3/h4-7,10,13,16,18H,8-9,11-12,14-15H2,1-3H3. The van der Waals surface area contributed by atoms with E-state index in [0.717, 1.165) is 42.4 Å². The number of carbonyl (C=O) groups excluding carboxylic acids is 1. The summed E-state index contributed by atoms with van der Waals surface area (Å²) in [5, 5.41) is 0.582. The second-order valence-corrected chi connectivity index (χ2v) is 11.4. The molecule has 8 heteroatoms. The number of benzene rings is 1. The molecular weight excluding hydrogens is 406 g/mol. The lowest BCUT2D eigenvalue weighted by molar-refractivity contribution is -0.131. The van der Waals surface area contributed by atoms with E-state index in [4.69, 9.17) is 0 Å². The van der Waals surface area contributed by atoms with E-state index in [9.17, 15) is 13.2 Å². The van der Waals surface area contributed by atoms with Crippen molar-refractivity contribution in [1.82, 2.24) is 14.5 Å². The van der Waals surface area contributed by atoms with Crippen molar-refractivity contribution >= 4 is 27.5 Å². The molecule has 1 amide bonds. The monoisotopic (exact) mass is 435 g/mol. The minimum absolute atomic E-state index is 0.111. The third kappa shape index (κ3) is 5.42. The molecule has 0 N–H and O–H groups in total. The summed E-state index contributed by atoms with van der Waals surface area (Å²) >= 11 is 1.78. The van der Waals surface area contributed by atoms with Crippen LogP contribution in [-0.4, -0.2) is 52.9 Å². The maximum absolute atomic E-state index is 12.6. The number of carbonyl (C=O) groups is 1. The lowest BCUT2D eigenvalue weighted by atomic mass is 9.98. The summed E-state index contributed by atoms with van der Waals surface area (Å²) in [5.74, 6) is 1.74. The molecule has 0 bridgehead atoms.